The van der Waals surface area contributed by atoms with Crippen molar-refractivity contribution in [1.29, 1.82) is 0 Å². The predicted molar refractivity (Wildman–Crippen MR) is 79.2 cm³/mol. The summed E-state index contributed by atoms with van der Waals surface area (Å²) < 4.78 is 0. The van der Waals surface area contributed by atoms with Crippen molar-refractivity contribution in [3.05, 3.63) is 29.8 Å². The minimum Gasteiger partial charge on any atom is -0.313 e. The third kappa shape index (κ3) is 2.46. The van der Waals surface area contributed by atoms with Crippen LogP contribution < -0.4 is 5.32 Å². The standard InChI is InChI=1S/C16H23NS/c1-2-17-16(12-7-3-4-8-12)15-11-13-9-5-6-10-14(13)18-15/h5-6,9-10,12,15-17H,2-4,7-8,11H2,1H3. The number of thioether (sulfide) groups is 1. The van der Waals surface area contributed by atoms with Gasteiger partial charge in [0.25, 0.3) is 0 Å². The van der Waals surface area contributed by atoms with Gasteiger partial charge in [0.2, 0.25) is 0 Å². The van der Waals surface area contributed by atoms with Gasteiger partial charge in [0.15, 0.2) is 0 Å². The Balaban J connectivity index is 1.73. The lowest BCUT2D eigenvalue weighted by atomic mass is 9.92. The van der Waals surface area contributed by atoms with Gasteiger partial charge in [-0.15, -0.1) is 11.8 Å². The van der Waals surface area contributed by atoms with E-state index in [9.17, 15) is 0 Å². The Morgan fingerprint density at radius 2 is 2.06 bits per heavy atom. The summed E-state index contributed by atoms with van der Waals surface area (Å²) in [7, 11) is 0. The normalized spacial score (nSPS) is 25.3. The van der Waals surface area contributed by atoms with Crippen LogP contribution >= 0.6 is 11.8 Å². The van der Waals surface area contributed by atoms with Crippen molar-refractivity contribution in [2.75, 3.05) is 6.54 Å². The first-order valence-corrected chi connectivity index (χ1v) is 8.24. The van der Waals surface area contributed by atoms with Gasteiger partial charge < -0.3 is 5.32 Å². The predicted octanol–water partition coefficient (Wildman–Crippen LogP) is 3.87. The molecule has 0 spiro atoms. The first-order valence-electron chi connectivity index (χ1n) is 7.36. The monoisotopic (exact) mass is 261 g/mol. The molecule has 0 radical (unpaired) electrons. The van der Waals surface area contributed by atoms with E-state index >= 15 is 0 Å². The molecule has 18 heavy (non-hydrogen) atoms. The molecule has 1 aromatic rings. The molecule has 98 valence electrons. The van der Waals surface area contributed by atoms with Gasteiger partial charge in [-0.05, 0) is 43.4 Å². The molecule has 0 bridgehead atoms. The molecule has 1 nitrogen and oxygen atoms in total. The molecule has 2 aliphatic rings. The zero-order valence-electron chi connectivity index (χ0n) is 11.2. The molecule has 2 heteroatoms. The van der Waals surface area contributed by atoms with Gasteiger partial charge in [0, 0.05) is 16.2 Å². The zero-order valence-corrected chi connectivity index (χ0v) is 12.0. The van der Waals surface area contributed by atoms with Gasteiger partial charge in [-0.25, -0.2) is 0 Å². The Hall–Kier alpha value is -0.470. The van der Waals surface area contributed by atoms with Crippen LogP contribution in [0, 0.1) is 5.92 Å². The largest absolute Gasteiger partial charge is 0.313 e. The summed E-state index contributed by atoms with van der Waals surface area (Å²) in [6.45, 7) is 3.35. The van der Waals surface area contributed by atoms with E-state index in [1.54, 1.807) is 5.56 Å². The summed E-state index contributed by atoms with van der Waals surface area (Å²) in [5.41, 5.74) is 1.56. The van der Waals surface area contributed by atoms with Gasteiger partial charge in [0.05, 0.1) is 0 Å². The number of nitrogens with one attached hydrogen (secondary N) is 1. The number of fused-ring (bicyclic) bond motifs is 1. The average molecular weight is 261 g/mol. The Labute approximate surface area is 115 Å². The van der Waals surface area contributed by atoms with E-state index in [2.05, 4.69) is 48.3 Å². The highest BCUT2D eigenvalue weighted by Gasteiger charge is 2.34. The molecule has 1 heterocycles. The highest BCUT2D eigenvalue weighted by Crippen LogP contribution is 2.42. The van der Waals surface area contributed by atoms with Crippen LogP contribution in [0.25, 0.3) is 0 Å². The summed E-state index contributed by atoms with van der Waals surface area (Å²) >= 11 is 2.11. The van der Waals surface area contributed by atoms with Crippen molar-refractivity contribution < 1.29 is 0 Å². The van der Waals surface area contributed by atoms with Crippen LogP contribution in [0.1, 0.15) is 38.2 Å². The Bertz CT molecular complexity index is 373. The van der Waals surface area contributed by atoms with E-state index in [-0.39, 0.29) is 0 Å². The maximum absolute atomic E-state index is 3.78. The van der Waals surface area contributed by atoms with Crippen LogP contribution in [-0.4, -0.2) is 17.8 Å². The van der Waals surface area contributed by atoms with Gasteiger partial charge in [0.1, 0.15) is 0 Å². The number of hydrogen-bond acceptors (Lipinski definition) is 2. The van der Waals surface area contributed by atoms with E-state index in [4.69, 9.17) is 0 Å². The second-order valence-electron chi connectivity index (χ2n) is 5.60. The summed E-state index contributed by atoms with van der Waals surface area (Å²) in [5, 5.41) is 4.54. The maximum Gasteiger partial charge on any atom is 0.0291 e. The minimum atomic E-state index is 0.717. The molecule has 1 fully saturated rings. The molecule has 2 unspecified atom stereocenters. The Kier molecular flexibility index (Phi) is 3.95. The maximum atomic E-state index is 3.78. The fourth-order valence-electron chi connectivity index (χ4n) is 3.56. The van der Waals surface area contributed by atoms with Gasteiger partial charge >= 0.3 is 0 Å². The second-order valence-corrected chi connectivity index (χ2v) is 6.88. The Morgan fingerprint density at radius 3 is 2.78 bits per heavy atom. The molecule has 2 atom stereocenters. The highest BCUT2D eigenvalue weighted by atomic mass is 32.2. The fourth-order valence-corrected chi connectivity index (χ4v) is 5.08. The zero-order chi connectivity index (χ0) is 12.4. The molecule has 1 saturated carbocycles. The van der Waals surface area contributed by atoms with Crippen LogP contribution in [-0.2, 0) is 6.42 Å². The van der Waals surface area contributed by atoms with Crippen LogP contribution in [0.15, 0.2) is 29.2 Å². The van der Waals surface area contributed by atoms with Crippen LogP contribution in [0.3, 0.4) is 0 Å². The second kappa shape index (κ2) is 5.66. The molecule has 1 N–H and O–H groups in total. The highest BCUT2D eigenvalue weighted by molar-refractivity contribution is 8.00. The van der Waals surface area contributed by atoms with E-state index in [0.29, 0.717) is 0 Å². The molecule has 1 aromatic carbocycles. The summed E-state index contributed by atoms with van der Waals surface area (Å²) in [6, 6.07) is 9.67. The molecule has 0 saturated heterocycles. The molecule has 1 aliphatic carbocycles. The lowest BCUT2D eigenvalue weighted by Crippen LogP contribution is -2.43. The van der Waals surface area contributed by atoms with Gasteiger partial charge in [-0.1, -0.05) is 38.0 Å². The van der Waals surface area contributed by atoms with Crippen molar-refractivity contribution in [3.8, 4) is 0 Å². The van der Waals surface area contributed by atoms with E-state index < -0.39 is 0 Å². The third-order valence-corrected chi connectivity index (χ3v) is 5.83. The number of benzene rings is 1. The molecule has 3 rings (SSSR count). The van der Waals surface area contributed by atoms with Crippen LogP contribution in [0.2, 0.25) is 0 Å². The van der Waals surface area contributed by atoms with Crippen molar-refractivity contribution in [2.45, 2.75) is 55.2 Å². The minimum absolute atomic E-state index is 0.717. The first-order chi connectivity index (χ1) is 8.88. The lowest BCUT2D eigenvalue weighted by Gasteiger charge is -2.29. The van der Waals surface area contributed by atoms with E-state index in [1.165, 1.54) is 37.0 Å². The van der Waals surface area contributed by atoms with E-state index in [0.717, 1.165) is 23.8 Å². The molecule has 1 aliphatic heterocycles. The first kappa shape index (κ1) is 12.6. The fraction of sp³-hybridized carbons (Fsp3) is 0.625. The Morgan fingerprint density at radius 1 is 1.28 bits per heavy atom. The number of rotatable bonds is 4. The molecular weight excluding hydrogens is 238 g/mol. The summed E-state index contributed by atoms with van der Waals surface area (Å²) in [5.74, 6) is 0.914. The van der Waals surface area contributed by atoms with Crippen molar-refractivity contribution in [3.63, 3.8) is 0 Å². The van der Waals surface area contributed by atoms with Crippen LogP contribution in [0.5, 0.6) is 0 Å². The molecule has 0 aromatic heterocycles. The van der Waals surface area contributed by atoms with Crippen molar-refractivity contribution in [1.82, 2.24) is 5.32 Å². The summed E-state index contributed by atoms with van der Waals surface area (Å²) in [4.78, 5) is 1.52. The van der Waals surface area contributed by atoms with Gasteiger partial charge in [-0.3, -0.25) is 0 Å². The smallest absolute Gasteiger partial charge is 0.0291 e. The number of hydrogen-bond donors (Lipinski definition) is 1. The third-order valence-electron chi connectivity index (χ3n) is 4.42. The molecule has 0 amide bonds. The topological polar surface area (TPSA) is 12.0 Å². The van der Waals surface area contributed by atoms with Gasteiger partial charge in [-0.2, -0.15) is 0 Å². The SMILES string of the molecule is CCNC(C1CCCC1)C1Cc2ccccc2S1. The molecular formula is C16H23NS. The summed E-state index contributed by atoms with van der Waals surface area (Å²) in [6.07, 6.45) is 7.01. The van der Waals surface area contributed by atoms with E-state index in [1.807, 2.05) is 0 Å². The average Bonchev–Trinajstić information content (AvgIpc) is 3.04. The quantitative estimate of drug-likeness (QED) is 0.883. The van der Waals surface area contributed by atoms with Crippen LogP contribution in [0.4, 0.5) is 0 Å². The lowest BCUT2D eigenvalue weighted by molar-refractivity contribution is 0.355. The van der Waals surface area contributed by atoms with Crippen molar-refractivity contribution in [2.24, 2.45) is 5.92 Å². The van der Waals surface area contributed by atoms with Crippen molar-refractivity contribution >= 4 is 11.8 Å².